The first kappa shape index (κ1) is 27.1. The second-order valence-corrected chi connectivity index (χ2v) is 9.40. The first-order valence-electron chi connectivity index (χ1n) is 13.1. The fourth-order valence-corrected chi connectivity index (χ4v) is 4.87. The summed E-state index contributed by atoms with van der Waals surface area (Å²) in [6, 6.07) is 12.7. The van der Waals surface area contributed by atoms with E-state index < -0.39 is 6.04 Å². The molecule has 2 aromatic rings. The zero-order chi connectivity index (χ0) is 27.2. The maximum atomic E-state index is 13.1. The molecule has 200 valence electrons. The highest BCUT2D eigenvalue weighted by atomic mass is 16.7. The van der Waals surface area contributed by atoms with Crippen molar-refractivity contribution in [1.29, 1.82) is 0 Å². The number of hydrogen-bond acceptors (Lipinski definition) is 6. The van der Waals surface area contributed by atoms with Gasteiger partial charge in [-0.25, -0.2) is 10.1 Å². The molecule has 9 heteroatoms. The molecule has 3 amide bonds. The molecule has 0 unspecified atom stereocenters. The van der Waals surface area contributed by atoms with E-state index in [1.54, 1.807) is 24.1 Å². The van der Waals surface area contributed by atoms with Gasteiger partial charge < -0.3 is 16.0 Å². The van der Waals surface area contributed by atoms with Crippen molar-refractivity contribution in [2.24, 2.45) is 10.7 Å². The third-order valence-electron chi connectivity index (χ3n) is 6.74. The Morgan fingerprint density at radius 2 is 1.87 bits per heavy atom. The normalized spacial score (nSPS) is 16.7. The standard InChI is InChI=1S/C29H35N5O4/c1-4-14-34(38-5-2)29(37)23-16-22-13-12-21(17-24(22)32-26(30)18-23)19-8-10-20(11-9-19)28(36)33-15-6-7-25(33)27(35)31-3/h8-13,16-17,25H,4-7,14-15,18H2,1-3H3,(H2,30,32)(H,31,35)/t25-/m0/s1. The summed E-state index contributed by atoms with van der Waals surface area (Å²) in [6.07, 6.45) is 4.32. The smallest absolute Gasteiger partial charge is 0.273 e. The predicted octanol–water partition coefficient (Wildman–Crippen LogP) is 3.67. The highest BCUT2D eigenvalue weighted by Crippen LogP contribution is 2.32. The molecule has 4 rings (SSSR count). The van der Waals surface area contributed by atoms with Crippen molar-refractivity contribution in [3.8, 4) is 11.1 Å². The number of carbonyl (C=O) groups excluding carboxylic acids is 3. The van der Waals surface area contributed by atoms with Crippen molar-refractivity contribution >= 4 is 35.3 Å². The van der Waals surface area contributed by atoms with Crippen LogP contribution in [0.4, 0.5) is 5.69 Å². The van der Waals surface area contributed by atoms with Crippen LogP contribution >= 0.6 is 0 Å². The highest BCUT2D eigenvalue weighted by Gasteiger charge is 2.34. The maximum Gasteiger partial charge on any atom is 0.273 e. The minimum Gasteiger partial charge on any atom is -0.387 e. The molecule has 0 aromatic heterocycles. The summed E-state index contributed by atoms with van der Waals surface area (Å²) in [5.74, 6) is -0.132. The van der Waals surface area contributed by atoms with Gasteiger partial charge >= 0.3 is 0 Å². The number of carbonyl (C=O) groups is 3. The van der Waals surface area contributed by atoms with Crippen LogP contribution in [0.25, 0.3) is 17.2 Å². The zero-order valence-electron chi connectivity index (χ0n) is 22.2. The molecule has 1 atom stereocenters. The quantitative estimate of drug-likeness (QED) is 0.518. The van der Waals surface area contributed by atoms with Gasteiger partial charge in [-0.15, -0.1) is 0 Å². The first-order chi connectivity index (χ1) is 18.4. The Balaban J connectivity index is 1.56. The number of aliphatic imine (C=N–C) groups is 1. The van der Waals surface area contributed by atoms with E-state index in [0.717, 1.165) is 29.5 Å². The minimum absolute atomic E-state index is 0.132. The van der Waals surface area contributed by atoms with Crippen molar-refractivity contribution in [2.45, 2.75) is 45.6 Å². The van der Waals surface area contributed by atoms with Crippen LogP contribution in [-0.4, -0.2) is 66.3 Å². The van der Waals surface area contributed by atoms with Crippen LogP contribution in [-0.2, 0) is 14.4 Å². The molecule has 2 aromatic carbocycles. The molecule has 0 bridgehead atoms. The Hall–Kier alpha value is -3.98. The van der Waals surface area contributed by atoms with Crippen LogP contribution in [0.5, 0.6) is 0 Å². The molecule has 3 N–H and O–H groups in total. The van der Waals surface area contributed by atoms with Gasteiger partial charge in [0.05, 0.1) is 12.3 Å². The van der Waals surface area contributed by atoms with Crippen LogP contribution in [0, 0.1) is 0 Å². The molecule has 0 aliphatic carbocycles. The Bertz CT molecular complexity index is 1260. The minimum atomic E-state index is -0.424. The van der Waals surface area contributed by atoms with E-state index in [1.165, 1.54) is 5.06 Å². The average Bonchev–Trinajstić information content (AvgIpc) is 3.35. The van der Waals surface area contributed by atoms with Crippen LogP contribution in [0.3, 0.4) is 0 Å². The molecular formula is C29H35N5O4. The van der Waals surface area contributed by atoms with Gasteiger partial charge in [0.25, 0.3) is 11.8 Å². The van der Waals surface area contributed by atoms with Crippen LogP contribution in [0.1, 0.15) is 55.5 Å². The Labute approximate surface area is 223 Å². The van der Waals surface area contributed by atoms with E-state index in [0.29, 0.717) is 48.8 Å². The summed E-state index contributed by atoms with van der Waals surface area (Å²) in [7, 11) is 1.59. The van der Waals surface area contributed by atoms with Crippen molar-refractivity contribution in [3.05, 3.63) is 59.2 Å². The van der Waals surface area contributed by atoms with Gasteiger partial charge in [-0.3, -0.25) is 19.2 Å². The van der Waals surface area contributed by atoms with E-state index in [2.05, 4.69) is 10.3 Å². The summed E-state index contributed by atoms with van der Waals surface area (Å²) in [5, 5.41) is 4.04. The molecule has 0 spiro atoms. The van der Waals surface area contributed by atoms with E-state index >= 15 is 0 Å². The Morgan fingerprint density at radius 3 is 2.55 bits per heavy atom. The average molecular weight is 518 g/mol. The predicted molar refractivity (Wildman–Crippen MR) is 148 cm³/mol. The second-order valence-electron chi connectivity index (χ2n) is 9.40. The van der Waals surface area contributed by atoms with Crippen molar-refractivity contribution < 1.29 is 19.2 Å². The molecule has 9 nitrogen and oxygen atoms in total. The fraction of sp³-hybridized carbons (Fsp3) is 0.379. The number of nitrogens with two attached hydrogens (primary N) is 1. The van der Waals surface area contributed by atoms with E-state index in [9.17, 15) is 14.4 Å². The summed E-state index contributed by atoms with van der Waals surface area (Å²) in [4.78, 5) is 50.1. The molecule has 0 saturated carbocycles. The number of hydroxylamine groups is 2. The Kier molecular flexibility index (Phi) is 8.58. The van der Waals surface area contributed by atoms with Crippen LogP contribution in [0.2, 0.25) is 0 Å². The van der Waals surface area contributed by atoms with E-state index in [1.807, 2.05) is 50.3 Å². The molecular weight excluding hydrogens is 482 g/mol. The number of fused-ring (bicyclic) bond motifs is 1. The fourth-order valence-electron chi connectivity index (χ4n) is 4.87. The van der Waals surface area contributed by atoms with Crippen molar-refractivity contribution in [3.63, 3.8) is 0 Å². The molecule has 2 aliphatic heterocycles. The summed E-state index contributed by atoms with van der Waals surface area (Å²) < 4.78 is 0. The second kappa shape index (κ2) is 12.0. The number of nitrogens with one attached hydrogen (secondary N) is 1. The van der Waals surface area contributed by atoms with E-state index in [4.69, 9.17) is 10.6 Å². The number of amides is 3. The largest absolute Gasteiger partial charge is 0.387 e. The van der Waals surface area contributed by atoms with Gasteiger partial charge in [0.15, 0.2) is 0 Å². The molecule has 2 heterocycles. The lowest BCUT2D eigenvalue weighted by Crippen LogP contribution is -2.44. The number of hydrogen-bond donors (Lipinski definition) is 2. The molecule has 0 radical (unpaired) electrons. The van der Waals surface area contributed by atoms with Crippen LogP contribution < -0.4 is 11.1 Å². The van der Waals surface area contributed by atoms with Crippen molar-refractivity contribution in [1.82, 2.24) is 15.3 Å². The highest BCUT2D eigenvalue weighted by molar-refractivity contribution is 6.05. The number of rotatable bonds is 8. The summed E-state index contributed by atoms with van der Waals surface area (Å²) in [5.41, 5.74) is 10.6. The maximum absolute atomic E-state index is 13.1. The van der Waals surface area contributed by atoms with Gasteiger partial charge in [0.1, 0.15) is 11.9 Å². The molecule has 1 fully saturated rings. The molecule has 2 aliphatic rings. The summed E-state index contributed by atoms with van der Waals surface area (Å²) in [6.45, 7) is 5.31. The zero-order valence-corrected chi connectivity index (χ0v) is 22.2. The van der Waals surface area contributed by atoms with Crippen LogP contribution in [0.15, 0.2) is 53.0 Å². The third-order valence-corrected chi connectivity index (χ3v) is 6.74. The lowest BCUT2D eigenvalue weighted by molar-refractivity contribution is -0.180. The number of likely N-dealkylation sites (tertiary alicyclic amines) is 1. The topological polar surface area (TPSA) is 117 Å². The van der Waals surface area contributed by atoms with Crippen molar-refractivity contribution in [2.75, 3.05) is 26.7 Å². The molecule has 38 heavy (non-hydrogen) atoms. The summed E-state index contributed by atoms with van der Waals surface area (Å²) >= 11 is 0. The number of nitrogens with zero attached hydrogens (tertiary/aromatic N) is 3. The SMILES string of the molecule is CCCN(OCC)C(=O)C1=Cc2ccc(-c3ccc(C(=O)N4CCC[C@H]4C(=O)NC)cc3)cc2N=C(N)C1. The lowest BCUT2D eigenvalue weighted by atomic mass is 9.99. The third kappa shape index (κ3) is 5.78. The van der Waals surface area contributed by atoms with Gasteiger partial charge in [-0.2, -0.15) is 0 Å². The number of amidine groups is 1. The van der Waals surface area contributed by atoms with Gasteiger partial charge in [0, 0.05) is 43.3 Å². The number of likely N-dealkylation sites (N-methyl/N-ethyl adjacent to an activating group) is 1. The van der Waals surface area contributed by atoms with Gasteiger partial charge in [-0.05, 0) is 61.6 Å². The Morgan fingerprint density at radius 1 is 1.13 bits per heavy atom. The van der Waals surface area contributed by atoms with E-state index in [-0.39, 0.29) is 24.1 Å². The lowest BCUT2D eigenvalue weighted by Gasteiger charge is -2.23. The van der Waals surface area contributed by atoms with Gasteiger partial charge in [0.2, 0.25) is 5.91 Å². The first-order valence-corrected chi connectivity index (χ1v) is 13.1. The molecule has 1 saturated heterocycles. The number of benzene rings is 2. The van der Waals surface area contributed by atoms with Gasteiger partial charge in [-0.1, -0.05) is 31.2 Å². The monoisotopic (exact) mass is 517 g/mol.